The van der Waals surface area contributed by atoms with E-state index >= 15 is 0 Å². The molecule has 2 rings (SSSR count). The third-order valence-corrected chi connectivity index (χ3v) is 3.22. The Hall–Kier alpha value is -0.390. The van der Waals surface area contributed by atoms with E-state index < -0.39 is 0 Å². The number of aliphatic hydroxyl groups is 1. The van der Waals surface area contributed by atoms with E-state index in [1.165, 1.54) is 5.56 Å². The van der Waals surface area contributed by atoms with E-state index in [0.29, 0.717) is 5.66 Å². The summed E-state index contributed by atoms with van der Waals surface area (Å²) in [5.41, 5.74) is 2.76. The second kappa shape index (κ2) is 3.16. The predicted molar refractivity (Wildman–Crippen MR) is 53.2 cm³/mol. The molecule has 2 heteroatoms. The lowest BCUT2D eigenvalue weighted by molar-refractivity contribution is 0.163. The minimum absolute atomic E-state index is 0.278. The highest BCUT2D eigenvalue weighted by atomic mass is 31.0. The topological polar surface area (TPSA) is 20.2 Å². The first-order chi connectivity index (χ1) is 5.79. The third kappa shape index (κ3) is 1.28. The molecule has 1 aromatic rings. The van der Waals surface area contributed by atoms with E-state index in [4.69, 9.17) is 0 Å². The van der Waals surface area contributed by atoms with Gasteiger partial charge in [-0.15, -0.1) is 9.24 Å². The zero-order chi connectivity index (χ0) is 8.55. The normalized spacial score (nSPS) is 28.2. The summed E-state index contributed by atoms with van der Waals surface area (Å²) in [5, 5.41) is 9.81. The Kier molecular flexibility index (Phi) is 2.16. The molecule has 0 spiro atoms. The summed E-state index contributed by atoms with van der Waals surface area (Å²) < 4.78 is 0. The predicted octanol–water partition coefficient (Wildman–Crippen LogP) is 1.91. The minimum atomic E-state index is -0.278. The summed E-state index contributed by atoms with van der Waals surface area (Å²) in [6, 6.07) is 8.16. The first-order valence-electron chi connectivity index (χ1n) is 4.30. The van der Waals surface area contributed by atoms with Gasteiger partial charge in [-0.2, -0.15) is 0 Å². The molecule has 0 bridgehead atoms. The maximum Gasteiger partial charge on any atom is 0.0855 e. The quantitative estimate of drug-likeness (QED) is 0.604. The molecule has 1 N–H and O–H groups in total. The number of benzene rings is 1. The van der Waals surface area contributed by atoms with Gasteiger partial charge in [-0.1, -0.05) is 24.3 Å². The zero-order valence-electron chi connectivity index (χ0n) is 6.90. The molecule has 1 aliphatic carbocycles. The van der Waals surface area contributed by atoms with Crippen molar-refractivity contribution in [3.63, 3.8) is 0 Å². The third-order valence-electron chi connectivity index (χ3n) is 2.53. The van der Waals surface area contributed by atoms with Crippen LogP contribution in [0.25, 0.3) is 0 Å². The van der Waals surface area contributed by atoms with Gasteiger partial charge < -0.3 is 5.11 Å². The molecule has 0 aromatic heterocycles. The van der Waals surface area contributed by atoms with Crippen molar-refractivity contribution in [1.29, 1.82) is 0 Å². The van der Waals surface area contributed by atoms with Crippen LogP contribution in [0.1, 0.15) is 23.7 Å². The van der Waals surface area contributed by atoms with Crippen LogP contribution in [0, 0.1) is 0 Å². The Morgan fingerprint density at radius 3 is 2.92 bits per heavy atom. The number of aliphatic hydroxyl groups excluding tert-OH is 1. The van der Waals surface area contributed by atoms with Crippen LogP contribution in [0.15, 0.2) is 24.3 Å². The van der Waals surface area contributed by atoms with Gasteiger partial charge in [0, 0.05) is 5.66 Å². The van der Waals surface area contributed by atoms with Gasteiger partial charge in [-0.3, -0.25) is 0 Å². The molecule has 0 aliphatic heterocycles. The lowest BCUT2D eigenvalue weighted by Crippen LogP contribution is -2.19. The van der Waals surface area contributed by atoms with Gasteiger partial charge in [0.05, 0.1) is 6.10 Å². The molecule has 0 amide bonds. The monoisotopic (exact) mass is 180 g/mol. The summed E-state index contributed by atoms with van der Waals surface area (Å²) in [6.07, 6.45) is 1.89. The van der Waals surface area contributed by atoms with Crippen molar-refractivity contribution in [2.75, 3.05) is 0 Å². The Labute approximate surface area is 75.0 Å². The smallest absolute Gasteiger partial charge is 0.0855 e. The van der Waals surface area contributed by atoms with Crippen LogP contribution < -0.4 is 0 Å². The van der Waals surface area contributed by atoms with E-state index in [1.807, 2.05) is 18.2 Å². The Morgan fingerprint density at radius 1 is 1.33 bits per heavy atom. The van der Waals surface area contributed by atoms with Crippen LogP contribution in [0.3, 0.4) is 0 Å². The molecule has 1 nitrogen and oxygen atoms in total. The largest absolute Gasteiger partial charge is 0.388 e. The maximum absolute atomic E-state index is 9.81. The Balaban J connectivity index is 2.42. The average Bonchev–Trinajstić information content (AvgIpc) is 2.12. The van der Waals surface area contributed by atoms with Gasteiger partial charge in [0.15, 0.2) is 0 Å². The van der Waals surface area contributed by atoms with Gasteiger partial charge in [-0.05, 0) is 24.0 Å². The van der Waals surface area contributed by atoms with Crippen molar-refractivity contribution >= 4 is 9.24 Å². The molecule has 0 fully saturated rings. The van der Waals surface area contributed by atoms with Gasteiger partial charge in [0.1, 0.15) is 0 Å². The van der Waals surface area contributed by atoms with Crippen LogP contribution in [0.5, 0.6) is 0 Å². The molecule has 0 radical (unpaired) electrons. The van der Waals surface area contributed by atoms with Crippen LogP contribution in [-0.4, -0.2) is 10.8 Å². The van der Waals surface area contributed by atoms with Crippen molar-refractivity contribution in [3.05, 3.63) is 35.4 Å². The van der Waals surface area contributed by atoms with Crippen LogP contribution in [0.4, 0.5) is 0 Å². The summed E-state index contributed by atoms with van der Waals surface area (Å²) in [6.45, 7) is 0. The second-order valence-electron chi connectivity index (χ2n) is 3.35. The number of rotatable bonds is 0. The zero-order valence-corrected chi connectivity index (χ0v) is 8.06. The van der Waals surface area contributed by atoms with Crippen molar-refractivity contribution in [3.8, 4) is 0 Å². The summed E-state index contributed by atoms with van der Waals surface area (Å²) in [5.74, 6) is 0. The summed E-state index contributed by atoms with van der Waals surface area (Å²) >= 11 is 0. The number of hydrogen-bond donors (Lipinski definition) is 1. The highest BCUT2D eigenvalue weighted by Gasteiger charge is 2.23. The summed E-state index contributed by atoms with van der Waals surface area (Å²) in [4.78, 5) is 0. The highest BCUT2D eigenvalue weighted by Crippen LogP contribution is 2.33. The van der Waals surface area contributed by atoms with Crippen molar-refractivity contribution in [2.45, 2.75) is 24.6 Å². The molecule has 3 atom stereocenters. The van der Waals surface area contributed by atoms with Crippen molar-refractivity contribution < 1.29 is 5.11 Å². The van der Waals surface area contributed by atoms with Gasteiger partial charge in [0.25, 0.3) is 0 Å². The Bertz CT molecular complexity index is 285. The van der Waals surface area contributed by atoms with E-state index in [0.717, 1.165) is 18.4 Å². The molecule has 1 aliphatic rings. The highest BCUT2D eigenvalue weighted by molar-refractivity contribution is 7.17. The standard InChI is InChI=1S/C10H13OP/c11-10-8-4-2-1-3-7(8)5-6-9(10)12/h1-4,9-11H,5-6,12H2. The molecule has 0 heterocycles. The molecule has 3 unspecified atom stereocenters. The molecule has 0 saturated heterocycles. The molecule has 12 heavy (non-hydrogen) atoms. The second-order valence-corrected chi connectivity index (χ2v) is 4.20. The average molecular weight is 180 g/mol. The van der Waals surface area contributed by atoms with Gasteiger partial charge in [-0.25, -0.2) is 0 Å². The molecule has 1 aromatic carbocycles. The number of fused-ring (bicyclic) bond motifs is 1. The first kappa shape index (κ1) is 8.22. The lowest BCUT2D eigenvalue weighted by Gasteiger charge is -2.26. The SMILES string of the molecule is OC1c2ccccc2CCC1P. The van der Waals surface area contributed by atoms with E-state index in [1.54, 1.807) is 0 Å². The maximum atomic E-state index is 9.81. The fourth-order valence-corrected chi connectivity index (χ4v) is 2.14. The molecule has 0 saturated carbocycles. The minimum Gasteiger partial charge on any atom is -0.388 e. The van der Waals surface area contributed by atoms with Crippen LogP contribution in [0.2, 0.25) is 0 Å². The van der Waals surface area contributed by atoms with Crippen molar-refractivity contribution in [1.82, 2.24) is 0 Å². The Morgan fingerprint density at radius 2 is 2.08 bits per heavy atom. The van der Waals surface area contributed by atoms with E-state index in [2.05, 4.69) is 15.3 Å². The van der Waals surface area contributed by atoms with Crippen molar-refractivity contribution in [2.24, 2.45) is 0 Å². The van der Waals surface area contributed by atoms with Crippen LogP contribution >= 0.6 is 9.24 Å². The molecular formula is C10H13OP. The van der Waals surface area contributed by atoms with Gasteiger partial charge in [0.2, 0.25) is 0 Å². The summed E-state index contributed by atoms with van der Waals surface area (Å²) in [7, 11) is 2.72. The van der Waals surface area contributed by atoms with E-state index in [-0.39, 0.29) is 6.10 Å². The fraction of sp³-hybridized carbons (Fsp3) is 0.400. The fourth-order valence-electron chi connectivity index (χ4n) is 1.76. The first-order valence-corrected chi connectivity index (χ1v) is 4.97. The number of hydrogen-bond acceptors (Lipinski definition) is 1. The van der Waals surface area contributed by atoms with E-state index in [9.17, 15) is 5.11 Å². The number of aryl methyl sites for hydroxylation is 1. The molecule has 64 valence electrons. The molecular weight excluding hydrogens is 167 g/mol. The lowest BCUT2D eigenvalue weighted by atomic mass is 9.89. The van der Waals surface area contributed by atoms with Gasteiger partial charge >= 0.3 is 0 Å². The van der Waals surface area contributed by atoms with Crippen LogP contribution in [-0.2, 0) is 6.42 Å².